The third-order valence-electron chi connectivity index (χ3n) is 8.33. The lowest BCUT2D eigenvalue weighted by molar-refractivity contribution is 0.0189. The highest BCUT2D eigenvalue weighted by Gasteiger charge is 2.54. The van der Waals surface area contributed by atoms with Gasteiger partial charge in [0.25, 0.3) is 0 Å². The third kappa shape index (κ3) is 7.20. The number of nitrogens with one attached hydrogen (secondary N) is 1. The monoisotopic (exact) mass is 431 g/mol. The SMILES string of the molecule is CCCCC1=C(CCCC)C(CCCC)(CCCC)C(CCCC)(CCCC)CC1=N. The predicted molar refractivity (Wildman–Crippen MR) is 141 cm³/mol. The first-order valence-corrected chi connectivity index (χ1v) is 14.3. The molecule has 1 nitrogen and oxygen atoms in total. The molecule has 0 heterocycles. The van der Waals surface area contributed by atoms with Crippen molar-refractivity contribution in [1.29, 1.82) is 5.41 Å². The molecule has 31 heavy (non-hydrogen) atoms. The third-order valence-corrected chi connectivity index (χ3v) is 8.33. The molecule has 0 saturated carbocycles. The van der Waals surface area contributed by atoms with Crippen LogP contribution >= 0.6 is 0 Å². The molecule has 0 saturated heterocycles. The van der Waals surface area contributed by atoms with Crippen molar-refractivity contribution in [2.24, 2.45) is 10.8 Å². The molecule has 0 spiro atoms. The molecule has 1 heteroatoms. The Morgan fingerprint density at radius 2 is 1.00 bits per heavy atom. The zero-order valence-corrected chi connectivity index (χ0v) is 22.4. The maximum Gasteiger partial charge on any atom is 0.0351 e. The van der Waals surface area contributed by atoms with Crippen LogP contribution in [0.4, 0.5) is 0 Å². The molecule has 0 atom stereocenters. The van der Waals surface area contributed by atoms with Gasteiger partial charge >= 0.3 is 0 Å². The zero-order valence-electron chi connectivity index (χ0n) is 22.4. The van der Waals surface area contributed by atoms with Crippen molar-refractivity contribution in [3.63, 3.8) is 0 Å². The molecule has 1 aliphatic carbocycles. The summed E-state index contributed by atoms with van der Waals surface area (Å²) in [6, 6.07) is 0. The van der Waals surface area contributed by atoms with Crippen molar-refractivity contribution >= 4 is 5.71 Å². The minimum absolute atomic E-state index is 0.333. The number of allylic oxidation sites excluding steroid dienone is 2. The molecule has 0 bridgehead atoms. The largest absolute Gasteiger partial charge is 0.305 e. The smallest absolute Gasteiger partial charge is 0.0351 e. The van der Waals surface area contributed by atoms with E-state index in [1.165, 1.54) is 115 Å². The molecule has 1 N–H and O–H groups in total. The van der Waals surface area contributed by atoms with Crippen molar-refractivity contribution in [3.05, 3.63) is 11.1 Å². The van der Waals surface area contributed by atoms with Gasteiger partial charge in [0.2, 0.25) is 0 Å². The van der Waals surface area contributed by atoms with Gasteiger partial charge in [0.05, 0.1) is 0 Å². The van der Waals surface area contributed by atoms with Crippen molar-refractivity contribution in [2.75, 3.05) is 0 Å². The summed E-state index contributed by atoms with van der Waals surface area (Å²) in [5.41, 5.74) is 5.03. The maximum atomic E-state index is 9.29. The second-order valence-electron chi connectivity index (χ2n) is 10.6. The molecule has 0 amide bonds. The van der Waals surface area contributed by atoms with Gasteiger partial charge in [-0.1, -0.05) is 111 Å². The van der Waals surface area contributed by atoms with Crippen molar-refractivity contribution in [3.8, 4) is 0 Å². The standard InChI is InChI=1S/C30H57N/c1-7-13-19-26-27(20-14-8-2)30(23-17-11-5,24-18-12-6)29(21-15-9-3,22-16-10-4)25-28(26)31/h31H,7-25H2,1-6H3. The first-order valence-electron chi connectivity index (χ1n) is 14.3. The van der Waals surface area contributed by atoms with E-state index in [0.717, 1.165) is 18.6 Å². The molecule has 0 fully saturated rings. The summed E-state index contributed by atoms with van der Waals surface area (Å²) < 4.78 is 0. The van der Waals surface area contributed by atoms with Gasteiger partial charge in [-0.2, -0.15) is 0 Å². The lowest BCUT2D eigenvalue weighted by Gasteiger charge is -2.58. The Morgan fingerprint density at radius 1 is 0.581 bits per heavy atom. The van der Waals surface area contributed by atoms with E-state index < -0.39 is 0 Å². The summed E-state index contributed by atoms with van der Waals surface area (Å²) in [5.74, 6) is 0. The quantitative estimate of drug-likeness (QED) is 0.223. The van der Waals surface area contributed by atoms with Gasteiger partial charge in [-0.15, -0.1) is 0 Å². The molecule has 0 aromatic carbocycles. The molecule has 0 radical (unpaired) electrons. The minimum atomic E-state index is 0.333. The van der Waals surface area contributed by atoms with Gasteiger partial charge in [0, 0.05) is 5.71 Å². The zero-order chi connectivity index (χ0) is 23.2. The highest BCUT2D eigenvalue weighted by Crippen LogP contribution is 2.63. The lowest BCUT2D eigenvalue weighted by Crippen LogP contribution is -2.49. The summed E-state index contributed by atoms with van der Waals surface area (Å²) in [6.45, 7) is 14.1. The number of hydrogen-bond acceptors (Lipinski definition) is 1. The molecular weight excluding hydrogens is 374 g/mol. The number of hydrogen-bond donors (Lipinski definition) is 1. The Labute approximate surface area is 196 Å². The Balaban J connectivity index is 3.75. The average Bonchev–Trinajstić information content (AvgIpc) is 2.78. The molecule has 0 unspecified atom stereocenters. The second kappa shape index (κ2) is 15.3. The van der Waals surface area contributed by atoms with Crippen LogP contribution in [-0.4, -0.2) is 5.71 Å². The van der Waals surface area contributed by atoms with Crippen LogP contribution in [0.5, 0.6) is 0 Å². The fourth-order valence-corrected chi connectivity index (χ4v) is 6.53. The summed E-state index contributed by atoms with van der Waals surface area (Å²) in [6.07, 6.45) is 24.5. The first-order chi connectivity index (χ1) is 15.0. The summed E-state index contributed by atoms with van der Waals surface area (Å²) in [7, 11) is 0. The Kier molecular flexibility index (Phi) is 14.0. The summed E-state index contributed by atoms with van der Waals surface area (Å²) >= 11 is 0. The van der Waals surface area contributed by atoms with Crippen LogP contribution in [0.3, 0.4) is 0 Å². The van der Waals surface area contributed by atoms with Gasteiger partial charge in [-0.25, -0.2) is 0 Å². The van der Waals surface area contributed by atoms with E-state index in [0.29, 0.717) is 10.8 Å². The van der Waals surface area contributed by atoms with E-state index in [4.69, 9.17) is 0 Å². The molecule has 1 aliphatic rings. The van der Waals surface area contributed by atoms with Gasteiger partial charge < -0.3 is 5.41 Å². The van der Waals surface area contributed by atoms with Crippen LogP contribution in [0.25, 0.3) is 0 Å². The molecular formula is C30H57N. The maximum absolute atomic E-state index is 9.29. The van der Waals surface area contributed by atoms with Crippen molar-refractivity contribution < 1.29 is 0 Å². The Morgan fingerprint density at radius 3 is 1.45 bits per heavy atom. The van der Waals surface area contributed by atoms with Crippen LogP contribution < -0.4 is 0 Å². The van der Waals surface area contributed by atoms with E-state index >= 15 is 0 Å². The fourth-order valence-electron chi connectivity index (χ4n) is 6.53. The van der Waals surface area contributed by atoms with E-state index in [-0.39, 0.29) is 0 Å². The van der Waals surface area contributed by atoms with Crippen LogP contribution in [0.1, 0.15) is 164 Å². The number of rotatable bonds is 18. The van der Waals surface area contributed by atoms with Crippen LogP contribution in [0.2, 0.25) is 0 Å². The average molecular weight is 432 g/mol. The Hall–Kier alpha value is -0.590. The second-order valence-corrected chi connectivity index (χ2v) is 10.6. The first kappa shape index (κ1) is 28.4. The lowest BCUT2D eigenvalue weighted by atomic mass is 9.46. The highest BCUT2D eigenvalue weighted by molar-refractivity contribution is 6.00. The van der Waals surface area contributed by atoms with Gasteiger partial charge in [-0.3, -0.25) is 0 Å². The normalized spacial score (nSPS) is 18.1. The van der Waals surface area contributed by atoms with Gasteiger partial charge in [-0.05, 0) is 74.2 Å². The molecule has 0 aromatic rings. The van der Waals surface area contributed by atoms with Crippen LogP contribution in [0.15, 0.2) is 11.1 Å². The molecule has 0 aliphatic heterocycles. The molecule has 1 rings (SSSR count). The molecule has 182 valence electrons. The highest BCUT2D eigenvalue weighted by atomic mass is 14.6. The topological polar surface area (TPSA) is 23.9 Å². The minimum Gasteiger partial charge on any atom is -0.305 e. The summed E-state index contributed by atoms with van der Waals surface area (Å²) in [5, 5.41) is 9.29. The van der Waals surface area contributed by atoms with Crippen LogP contribution in [-0.2, 0) is 0 Å². The van der Waals surface area contributed by atoms with E-state index in [1.807, 2.05) is 0 Å². The van der Waals surface area contributed by atoms with E-state index in [1.54, 1.807) is 5.57 Å². The predicted octanol–water partition coefficient (Wildman–Crippen LogP) is 10.8. The number of unbranched alkanes of at least 4 members (excludes halogenated alkanes) is 6. The van der Waals surface area contributed by atoms with Crippen molar-refractivity contribution in [1.82, 2.24) is 0 Å². The molecule has 0 aromatic heterocycles. The van der Waals surface area contributed by atoms with E-state index in [9.17, 15) is 5.41 Å². The Bertz CT molecular complexity index is 511. The van der Waals surface area contributed by atoms with Gasteiger partial charge in [0.15, 0.2) is 0 Å². The van der Waals surface area contributed by atoms with Crippen molar-refractivity contribution in [2.45, 2.75) is 164 Å². The summed E-state index contributed by atoms with van der Waals surface area (Å²) in [4.78, 5) is 0. The van der Waals surface area contributed by atoms with Gasteiger partial charge in [0.1, 0.15) is 0 Å². The van der Waals surface area contributed by atoms with Crippen LogP contribution in [0, 0.1) is 16.2 Å². The van der Waals surface area contributed by atoms with E-state index in [2.05, 4.69) is 41.5 Å². The fraction of sp³-hybridized carbons (Fsp3) is 0.900.